The number of rotatable bonds is 11. The fraction of sp³-hybridized carbons (Fsp3) is 0.969. The Morgan fingerprint density at radius 1 is 0.464 bits per heavy atom. The molecule has 5 rings (SSSR count). The molecule has 5 saturated heterocycles. The molecule has 326 valence electrons. The lowest BCUT2D eigenvalue weighted by molar-refractivity contribution is -0.402. The minimum absolute atomic E-state index is 0.688. The molecule has 25 atom stereocenters. The molecule has 0 aromatic heterocycles. The fourth-order valence-corrected chi connectivity index (χ4v) is 7.26. The maximum absolute atomic E-state index is 12.0. The second-order valence-corrected chi connectivity index (χ2v) is 14.6. The smallest absolute Gasteiger partial charge is 0.217 e. The van der Waals surface area contributed by atoms with Crippen LogP contribution >= 0.6 is 0 Å². The highest BCUT2D eigenvalue weighted by atomic mass is 16.8. The Labute approximate surface area is 319 Å². The molecule has 0 saturated carbocycles. The van der Waals surface area contributed by atoms with Gasteiger partial charge in [-0.25, -0.2) is 0 Å². The van der Waals surface area contributed by atoms with Gasteiger partial charge in [0.2, 0.25) is 5.91 Å². The van der Waals surface area contributed by atoms with Crippen LogP contribution in [0.2, 0.25) is 0 Å². The van der Waals surface area contributed by atoms with Crippen molar-refractivity contribution in [3.8, 4) is 0 Å². The first-order valence-corrected chi connectivity index (χ1v) is 18.2. The van der Waals surface area contributed by atoms with Gasteiger partial charge >= 0.3 is 0 Å². The monoisotopic (exact) mass is 821 g/mol. The summed E-state index contributed by atoms with van der Waals surface area (Å²) in [6.45, 7) is 3.55. The predicted octanol–water partition coefficient (Wildman–Crippen LogP) is -8.70. The Kier molecular flexibility index (Phi) is 15.4. The summed E-state index contributed by atoms with van der Waals surface area (Å²) >= 11 is 0. The van der Waals surface area contributed by atoms with Crippen LogP contribution in [0.4, 0.5) is 0 Å². The highest BCUT2D eigenvalue weighted by molar-refractivity contribution is 5.73. The van der Waals surface area contributed by atoms with Crippen LogP contribution in [-0.4, -0.2) is 239 Å². The van der Waals surface area contributed by atoms with Crippen LogP contribution in [0.3, 0.4) is 0 Å². The van der Waals surface area contributed by atoms with Gasteiger partial charge < -0.3 is 114 Å². The molecule has 0 bridgehead atoms. The minimum Gasteiger partial charge on any atom is -0.394 e. The zero-order valence-electron chi connectivity index (χ0n) is 30.7. The van der Waals surface area contributed by atoms with Gasteiger partial charge in [0.25, 0.3) is 0 Å². The zero-order valence-corrected chi connectivity index (χ0v) is 30.7. The van der Waals surface area contributed by atoms with Gasteiger partial charge in [0.1, 0.15) is 104 Å². The SMILES string of the molecule is CC(=O)NC1[C@H](O)OC(CO)[C@@H](O)[C@@H]1O[C@@H]1OC(C)[C@H](O[C@H]2OC(CO)[C@@H](O)[C@H](O)C2O)[C@H](O[C@@H]2OC(C)[C@H](O)[C@H](O)C2O[C@@H]2OC(C)[C@H](O)[C@H](O)C2O)C1O. The number of carbonyl (C=O) groups is 1. The zero-order chi connectivity index (χ0) is 41.5. The number of carbonyl (C=O) groups excluding carboxylic acids is 1. The van der Waals surface area contributed by atoms with Gasteiger partial charge in [0.05, 0.1) is 31.5 Å². The third kappa shape index (κ3) is 9.31. The third-order valence-corrected chi connectivity index (χ3v) is 10.6. The van der Waals surface area contributed by atoms with Gasteiger partial charge in [-0.2, -0.15) is 0 Å². The van der Waals surface area contributed by atoms with E-state index >= 15 is 0 Å². The van der Waals surface area contributed by atoms with Gasteiger partial charge in [0.15, 0.2) is 31.5 Å². The normalized spacial score (nSPS) is 53.1. The van der Waals surface area contributed by atoms with Gasteiger partial charge in [-0.15, -0.1) is 0 Å². The van der Waals surface area contributed by atoms with Gasteiger partial charge in [-0.3, -0.25) is 4.79 Å². The van der Waals surface area contributed by atoms with E-state index in [-0.39, 0.29) is 0 Å². The first-order valence-electron chi connectivity index (χ1n) is 18.2. The van der Waals surface area contributed by atoms with Crippen LogP contribution in [0.15, 0.2) is 0 Å². The topological polar surface area (TPSA) is 375 Å². The maximum atomic E-state index is 12.0. The number of amides is 1. The quantitative estimate of drug-likeness (QED) is 0.0920. The van der Waals surface area contributed by atoms with Crippen LogP contribution in [0.25, 0.3) is 0 Å². The van der Waals surface area contributed by atoms with Crippen molar-refractivity contribution in [2.75, 3.05) is 13.2 Å². The average Bonchev–Trinajstić information content (AvgIpc) is 3.15. The van der Waals surface area contributed by atoms with Crippen molar-refractivity contribution in [3.63, 3.8) is 0 Å². The van der Waals surface area contributed by atoms with E-state index in [9.17, 15) is 71.2 Å². The number of hydrogen-bond donors (Lipinski definition) is 14. The van der Waals surface area contributed by atoms with E-state index in [1.807, 2.05) is 0 Å². The van der Waals surface area contributed by atoms with E-state index in [4.69, 9.17) is 42.6 Å². The van der Waals surface area contributed by atoms with Crippen LogP contribution in [-0.2, 0) is 47.4 Å². The lowest BCUT2D eigenvalue weighted by Crippen LogP contribution is -2.69. The number of aliphatic hydroxyl groups excluding tert-OH is 13. The summed E-state index contributed by atoms with van der Waals surface area (Å²) in [4.78, 5) is 12.0. The van der Waals surface area contributed by atoms with Gasteiger partial charge in [-0.05, 0) is 20.8 Å². The highest BCUT2D eigenvalue weighted by Gasteiger charge is 2.57. The molecule has 0 spiro atoms. The molecule has 14 N–H and O–H groups in total. The van der Waals surface area contributed by atoms with Gasteiger partial charge in [-0.1, -0.05) is 0 Å². The van der Waals surface area contributed by atoms with Crippen LogP contribution in [0.5, 0.6) is 0 Å². The van der Waals surface area contributed by atoms with Crippen molar-refractivity contribution in [1.29, 1.82) is 0 Å². The number of nitrogens with one attached hydrogen (secondary N) is 1. The summed E-state index contributed by atoms with van der Waals surface area (Å²) in [7, 11) is 0. The molecular formula is C32H55NO23. The van der Waals surface area contributed by atoms with Crippen molar-refractivity contribution >= 4 is 5.91 Å². The number of aliphatic hydroxyl groups is 13. The third-order valence-electron chi connectivity index (χ3n) is 10.6. The summed E-state index contributed by atoms with van der Waals surface area (Å²) in [5.41, 5.74) is 0. The summed E-state index contributed by atoms with van der Waals surface area (Å²) in [5, 5.41) is 140. The minimum atomic E-state index is -2.06. The van der Waals surface area contributed by atoms with Crippen molar-refractivity contribution < 1.29 is 114 Å². The Morgan fingerprint density at radius 3 is 1.50 bits per heavy atom. The second-order valence-electron chi connectivity index (χ2n) is 14.6. The molecule has 0 aliphatic carbocycles. The molecule has 24 nitrogen and oxygen atoms in total. The lowest BCUT2D eigenvalue weighted by Gasteiger charge is -2.51. The Bertz CT molecular complexity index is 1270. The fourth-order valence-electron chi connectivity index (χ4n) is 7.26. The standard InChI is InChI=1S/C32H55NO23/c1-7-14(37)18(41)21(44)29(48-7)56-27-20(43)15(38)8(2)49-32(27)55-26-23(46)31(54-25-13(33-10(4)36)28(47)51-12(6-35)17(25)40)50-9(3)24(26)53-30-22(45)19(42)16(39)11(5-34)52-30/h7-9,11-32,34-35,37-47H,5-6H2,1-4H3,(H,33,36)/t7?,8?,9?,11?,12?,13?,14-,15-,16+,17+,18-,19-,20-,21?,22?,23?,24-,25+,26+,27?,28+,29-,30+,31-,32-/m0/s1. The number of hydrogen-bond acceptors (Lipinski definition) is 23. The lowest BCUT2D eigenvalue weighted by atomic mass is 9.94. The second kappa shape index (κ2) is 18.9. The molecule has 56 heavy (non-hydrogen) atoms. The molecular weight excluding hydrogens is 766 g/mol. The van der Waals surface area contributed by atoms with Crippen molar-refractivity contribution in [1.82, 2.24) is 5.32 Å². The largest absolute Gasteiger partial charge is 0.394 e. The Balaban J connectivity index is 1.48. The van der Waals surface area contributed by atoms with Crippen LogP contribution < -0.4 is 5.32 Å². The Morgan fingerprint density at radius 2 is 0.911 bits per heavy atom. The average molecular weight is 822 g/mol. The van der Waals surface area contributed by atoms with E-state index in [0.717, 1.165) is 6.92 Å². The van der Waals surface area contributed by atoms with E-state index < -0.39 is 173 Å². The molecule has 0 aromatic rings. The number of ether oxygens (including phenoxy) is 9. The summed E-state index contributed by atoms with van der Waals surface area (Å²) in [6.07, 6.45) is -40.5. The molecule has 0 radical (unpaired) electrons. The molecule has 10 unspecified atom stereocenters. The first kappa shape index (κ1) is 45.7. The predicted molar refractivity (Wildman–Crippen MR) is 174 cm³/mol. The molecule has 0 aromatic carbocycles. The van der Waals surface area contributed by atoms with E-state index in [1.165, 1.54) is 20.8 Å². The molecule has 5 aliphatic heterocycles. The maximum Gasteiger partial charge on any atom is 0.217 e. The molecule has 24 heteroatoms. The summed E-state index contributed by atoms with van der Waals surface area (Å²) in [6, 6.07) is -1.49. The molecule has 5 aliphatic rings. The van der Waals surface area contributed by atoms with Crippen LogP contribution in [0, 0.1) is 0 Å². The van der Waals surface area contributed by atoms with E-state index in [1.54, 1.807) is 0 Å². The van der Waals surface area contributed by atoms with E-state index in [2.05, 4.69) is 5.32 Å². The van der Waals surface area contributed by atoms with E-state index in [0.29, 0.717) is 0 Å². The van der Waals surface area contributed by atoms with Crippen molar-refractivity contribution in [2.24, 2.45) is 0 Å². The first-order chi connectivity index (χ1) is 26.3. The molecule has 1 amide bonds. The summed E-state index contributed by atoms with van der Waals surface area (Å²) < 4.78 is 52.0. The highest BCUT2D eigenvalue weighted by Crippen LogP contribution is 2.37. The Hall–Kier alpha value is -1.41. The van der Waals surface area contributed by atoms with Crippen LogP contribution in [0.1, 0.15) is 27.7 Å². The van der Waals surface area contributed by atoms with Crippen molar-refractivity contribution in [3.05, 3.63) is 0 Å². The summed E-state index contributed by atoms with van der Waals surface area (Å²) in [5.74, 6) is -0.688. The van der Waals surface area contributed by atoms with Crippen molar-refractivity contribution in [2.45, 2.75) is 181 Å². The van der Waals surface area contributed by atoms with Gasteiger partial charge in [0, 0.05) is 6.92 Å². The molecule has 5 fully saturated rings. The molecule has 5 heterocycles.